The van der Waals surface area contributed by atoms with Crippen molar-refractivity contribution in [3.05, 3.63) is 102 Å². The molecule has 2 aromatic carbocycles. The van der Waals surface area contributed by atoms with E-state index in [0.717, 1.165) is 22.4 Å². The van der Waals surface area contributed by atoms with Gasteiger partial charge in [-0.15, -0.1) is 0 Å². The molecule has 0 fully saturated rings. The second kappa shape index (κ2) is 11.6. The lowest BCUT2D eigenvalue weighted by Crippen LogP contribution is -2.42. The fraction of sp³-hybridized carbons (Fsp3) is 0.0800. The van der Waals surface area contributed by atoms with E-state index in [1.54, 1.807) is 25.3 Å². The topological polar surface area (TPSA) is 43.1 Å². The van der Waals surface area contributed by atoms with Gasteiger partial charge < -0.3 is 22.0 Å². The third kappa shape index (κ3) is 7.38. The maximum absolute atomic E-state index is 13.0. The lowest BCUT2D eigenvalue weighted by Gasteiger charge is -2.13. The molecule has 4 rings (SSSR count). The van der Waals surface area contributed by atoms with Crippen molar-refractivity contribution in [1.29, 1.82) is 0 Å². The Hall–Kier alpha value is -3.72. The Balaban J connectivity index is 0.000000623. The number of benzene rings is 2. The number of aromatic nitrogens is 2. The summed E-state index contributed by atoms with van der Waals surface area (Å²) in [4.78, 5) is 17.4. The first-order valence-electron chi connectivity index (χ1n) is 10.5. The van der Waals surface area contributed by atoms with Gasteiger partial charge in [0.25, 0.3) is 0 Å². The molecule has 2 heterocycles. The number of esters is 1. The summed E-state index contributed by atoms with van der Waals surface area (Å²) in [5.41, 5.74) is 4.11. The number of halogens is 5. The molecule has 0 spiro atoms. The summed E-state index contributed by atoms with van der Waals surface area (Å²) in [6, 6.07) is 27.3. The van der Waals surface area contributed by atoms with Gasteiger partial charge in [-0.2, -0.15) is 4.57 Å². The van der Waals surface area contributed by atoms with Crippen LogP contribution in [0.4, 0.5) is 17.3 Å². The van der Waals surface area contributed by atoms with Crippen LogP contribution in [-0.2, 0) is 4.74 Å². The molecular formula is C25H20BClF4N2O2. The number of carbonyl (C=O) groups excluding carboxylic acids is 1. The van der Waals surface area contributed by atoms with Gasteiger partial charge in [-0.25, -0.2) is 4.79 Å². The Morgan fingerprint density at radius 3 is 1.97 bits per heavy atom. The van der Waals surface area contributed by atoms with Crippen molar-refractivity contribution in [3.8, 4) is 28.2 Å². The van der Waals surface area contributed by atoms with Crippen molar-refractivity contribution in [2.75, 3.05) is 6.61 Å². The summed E-state index contributed by atoms with van der Waals surface area (Å²) in [6.07, 6.45) is 1.57. The molecule has 35 heavy (non-hydrogen) atoms. The molecule has 180 valence electrons. The molecular weight excluding hydrogens is 483 g/mol. The van der Waals surface area contributed by atoms with Gasteiger partial charge >= 0.3 is 19.0 Å². The molecule has 0 aliphatic heterocycles. The molecule has 0 radical (unpaired) electrons. The molecule has 0 unspecified atom stereocenters. The minimum Gasteiger partial charge on any atom is -0.460 e. The average Bonchev–Trinajstić information content (AvgIpc) is 2.84. The second-order valence-corrected chi connectivity index (χ2v) is 7.57. The van der Waals surface area contributed by atoms with Gasteiger partial charge in [0.15, 0.2) is 6.20 Å². The highest BCUT2D eigenvalue weighted by Gasteiger charge is 2.27. The third-order valence-corrected chi connectivity index (χ3v) is 4.89. The van der Waals surface area contributed by atoms with Gasteiger partial charge in [0.1, 0.15) is 5.69 Å². The Bertz CT molecular complexity index is 1270. The smallest absolute Gasteiger partial charge is 0.460 e. The largest absolute Gasteiger partial charge is 0.673 e. The minimum atomic E-state index is -6.00. The second-order valence-electron chi connectivity index (χ2n) is 7.13. The van der Waals surface area contributed by atoms with Gasteiger partial charge in [-0.3, -0.25) is 0 Å². The lowest BCUT2D eigenvalue weighted by molar-refractivity contribution is -0.591. The van der Waals surface area contributed by atoms with Crippen LogP contribution in [0.2, 0.25) is 5.02 Å². The maximum Gasteiger partial charge on any atom is 0.673 e. The summed E-state index contributed by atoms with van der Waals surface area (Å²) >= 11 is 6.05. The first-order chi connectivity index (χ1) is 16.7. The van der Waals surface area contributed by atoms with Crippen LogP contribution in [0.25, 0.3) is 28.2 Å². The van der Waals surface area contributed by atoms with Crippen LogP contribution in [0.3, 0.4) is 0 Å². The van der Waals surface area contributed by atoms with Crippen LogP contribution in [0.5, 0.6) is 0 Å². The van der Waals surface area contributed by atoms with E-state index in [-0.39, 0.29) is 6.61 Å². The Labute approximate surface area is 204 Å². The zero-order chi connectivity index (χ0) is 25.4. The monoisotopic (exact) mass is 502 g/mol. The van der Waals surface area contributed by atoms with Crippen LogP contribution in [-0.4, -0.2) is 24.8 Å². The molecule has 10 heteroatoms. The van der Waals surface area contributed by atoms with Gasteiger partial charge in [0, 0.05) is 17.7 Å². The summed E-state index contributed by atoms with van der Waals surface area (Å²) in [5, 5.41) is 0.527. The van der Waals surface area contributed by atoms with E-state index in [2.05, 4.69) is 11.1 Å². The average molecular weight is 503 g/mol. The number of carbonyl (C=O) groups is 1. The molecule has 0 amide bonds. The van der Waals surface area contributed by atoms with Gasteiger partial charge in [-0.05, 0) is 35.2 Å². The van der Waals surface area contributed by atoms with Crippen LogP contribution in [0.1, 0.15) is 17.4 Å². The number of pyridine rings is 2. The Morgan fingerprint density at radius 2 is 1.46 bits per heavy atom. The molecule has 2 aromatic heterocycles. The van der Waals surface area contributed by atoms with E-state index in [4.69, 9.17) is 16.3 Å². The maximum atomic E-state index is 13.0. The molecule has 4 aromatic rings. The van der Waals surface area contributed by atoms with E-state index in [1.807, 2.05) is 71.3 Å². The van der Waals surface area contributed by atoms with E-state index in [9.17, 15) is 22.1 Å². The van der Waals surface area contributed by atoms with E-state index in [0.29, 0.717) is 16.5 Å². The van der Waals surface area contributed by atoms with E-state index in [1.165, 1.54) is 0 Å². The van der Waals surface area contributed by atoms with E-state index >= 15 is 0 Å². The van der Waals surface area contributed by atoms with Crippen molar-refractivity contribution in [1.82, 2.24) is 4.98 Å². The van der Waals surface area contributed by atoms with E-state index < -0.39 is 13.2 Å². The fourth-order valence-corrected chi connectivity index (χ4v) is 3.43. The molecule has 0 saturated carbocycles. The van der Waals surface area contributed by atoms with Crippen molar-refractivity contribution in [3.63, 3.8) is 0 Å². The normalized spacial score (nSPS) is 10.8. The predicted molar refractivity (Wildman–Crippen MR) is 128 cm³/mol. The number of rotatable bonds is 5. The molecule has 0 atom stereocenters. The van der Waals surface area contributed by atoms with Crippen LogP contribution >= 0.6 is 11.6 Å². The first kappa shape index (κ1) is 25.9. The zero-order valence-corrected chi connectivity index (χ0v) is 19.3. The van der Waals surface area contributed by atoms with Crippen LogP contribution < -0.4 is 4.57 Å². The minimum absolute atomic E-state index is 0.281. The Morgan fingerprint density at radius 1 is 0.886 bits per heavy atom. The van der Waals surface area contributed by atoms with Gasteiger partial charge in [0.2, 0.25) is 5.69 Å². The highest BCUT2D eigenvalue weighted by Crippen LogP contribution is 2.26. The lowest BCUT2D eigenvalue weighted by atomic mass is 10.0. The summed E-state index contributed by atoms with van der Waals surface area (Å²) < 4.78 is 46.2. The van der Waals surface area contributed by atoms with Crippen LogP contribution in [0, 0.1) is 0 Å². The van der Waals surface area contributed by atoms with Gasteiger partial charge in [0.05, 0.1) is 11.6 Å². The van der Waals surface area contributed by atoms with Crippen molar-refractivity contribution in [2.24, 2.45) is 0 Å². The van der Waals surface area contributed by atoms with Crippen molar-refractivity contribution >= 4 is 24.8 Å². The quantitative estimate of drug-likeness (QED) is 0.130. The molecule has 0 bridgehead atoms. The van der Waals surface area contributed by atoms with Crippen molar-refractivity contribution < 1.29 is 31.4 Å². The summed E-state index contributed by atoms with van der Waals surface area (Å²) in [5.74, 6) is 0.171. The number of hydrogen-bond donors (Lipinski definition) is 0. The molecule has 0 aliphatic carbocycles. The van der Waals surface area contributed by atoms with Crippen LogP contribution in [0.15, 0.2) is 91.1 Å². The predicted octanol–water partition coefficient (Wildman–Crippen LogP) is 6.82. The summed E-state index contributed by atoms with van der Waals surface area (Å²) in [7, 11) is -6.00. The molecule has 4 nitrogen and oxygen atoms in total. The first-order valence-corrected chi connectivity index (χ1v) is 10.9. The van der Waals surface area contributed by atoms with Gasteiger partial charge in [-0.1, -0.05) is 72.3 Å². The number of nitrogens with zero attached hydrogens (tertiary/aromatic N) is 2. The molecule has 0 saturated heterocycles. The SMILES string of the molecule is CCOC(=O)c1cc(-c2ccccc2)cc(-c2ccccc2)[n+]1-c1ccc(Cl)cn1.F[B-](F)(F)F. The molecule has 0 aliphatic rings. The fourth-order valence-electron chi connectivity index (χ4n) is 3.32. The highest BCUT2D eigenvalue weighted by molar-refractivity contribution is 6.50. The third-order valence-electron chi connectivity index (χ3n) is 4.67. The standard InChI is InChI=1S/C25H20ClN2O2.BF4/c1-2-30-25(29)23-16-20(18-9-5-3-6-10-18)15-22(19-11-7-4-8-12-19)28(23)24-14-13-21(26)17-27-24;2-1(3,4)5/h3-17H,2H2,1H3;/q+1;-1. The summed E-state index contributed by atoms with van der Waals surface area (Å²) in [6.45, 7) is 2.07. The number of hydrogen-bond acceptors (Lipinski definition) is 3. The molecule has 0 N–H and O–H groups in total. The highest BCUT2D eigenvalue weighted by atomic mass is 35.5. The Kier molecular flexibility index (Phi) is 8.60. The zero-order valence-electron chi connectivity index (χ0n) is 18.5. The van der Waals surface area contributed by atoms with Crippen molar-refractivity contribution in [2.45, 2.75) is 6.92 Å². The number of ether oxygens (including phenoxy) is 1.